The van der Waals surface area contributed by atoms with E-state index >= 15 is 0 Å². The first kappa shape index (κ1) is 112. The van der Waals surface area contributed by atoms with Crippen LogP contribution in [0.5, 0.6) is 0 Å². The van der Waals surface area contributed by atoms with Crippen molar-refractivity contribution in [2.24, 2.45) is 0 Å². The molecule has 21 heterocycles. The third-order valence-electron chi connectivity index (χ3n) is 19.8. The fraction of sp³-hybridized carbons (Fsp3) is 0.916. The zero-order valence-electron chi connectivity index (χ0n) is 77.9. The minimum absolute atomic E-state index is 0.860. The van der Waals surface area contributed by atoms with E-state index in [2.05, 4.69) is 0 Å². The summed E-state index contributed by atoms with van der Waals surface area (Å²) < 4.78 is 166. The van der Waals surface area contributed by atoms with Crippen molar-refractivity contribution in [1.29, 1.82) is 0 Å². The highest BCUT2D eigenvalue weighted by molar-refractivity contribution is 5.73. The van der Waals surface area contributed by atoms with Crippen molar-refractivity contribution in [3.05, 3.63) is 0 Å². The Morgan fingerprint density at radius 1 is 0.189 bits per heavy atom. The molecule has 21 aliphatic rings. The first-order chi connectivity index (χ1) is 60.9. The first-order valence-electron chi connectivity index (χ1n) is 43.3. The van der Waals surface area contributed by atoms with E-state index in [9.17, 15) is 105 Å². The molecule has 0 aromatic heterocycles. The van der Waals surface area contributed by atoms with Crippen LogP contribution in [0.15, 0.2) is 0 Å². The molecule has 0 radical (unpaired) electrons. The summed E-state index contributed by atoms with van der Waals surface area (Å²) in [7, 11) is 0. The van der Waals surface area contributed by atoms with Gasteiger partial charge in [-0.05, 0) is 145 Å². The van der Waals surface area contributed by atoms with E-state index in [0.29, 0.717) is 0 Å². The second kappa shape index (κ2) is 47.1. The summed E-state index contributed by atoms with van der Waals surface area (Å²) in [6, 6.07) is 0. The van der Waals surface area contributed by atoms with Crippen LogP contribution in [0.4, 0.5) is 4.79 Å². The highest BCUT2D eigenvalue weighted by Gasteiger charge is 2.61. The summed E-state index contributed by atoms with van der Waals surface area (Å²) in [6.07, 6.45) is -79.2. The molecule has 21 aliphatic heterocycles. The highest BCUT2D eigenvalue weighted by Crippen LogP contribution is 2.41. The van der Waals surface area contributed by atoms with Gasteiger partial charge in [-0.1, -0.05) is 0 Å². The second-order valence-corrected chi connectivity index (χ2v) is 39.8. The highest BCUT2D eigenvalue weighted by atomic mass is 16.8. The molecule has 0 spiro atoms. The van der Waals surface area contributed by atoms with Gasteiger partial charge in [0.1, 0.15) is 256 Å². The van der Waals surface area contributed by atoms with Crippen LogP contribution in [0, 0.1) is 0 Å². The minimum atomic E-state index is -2.45. The van der Waals surface area contributed by atoms with Crippen LogP contribution in [-0.2, 0) is 161 Å². The molecule has 49 nitrogen and oxygen atoms in total. The normalized spacial score (nSPS) is 37.8. The molecule has 35 unspecified atom stereocenters. The number of hydrogen-bond donors (Lipinski definition) is 14. The lowest BCUT2D eigenvalue weighted by molar-refractivity contribution is -0.397. The Hall–Kier alpha value is -5.27. The topological polar surface area (TPSA) is 661 Å². The predicted octanol–water partition coefficient (Wildman–Crippen LogP) is -5.08. The molecule has 14 N–H and O–H groups in total. The standard InChI is InChI=1S/C83H138O49/c1-77(2,3)126-42(84)29-105-22-35-62-49(91)56(98)70(113-35)121-64-37(24-107-31-44(86)128-79(7,8)9)115-72(58(100)51(64)93)123-66-39(26-109-33-46(88)130-81(13,14)15)117-74(60(102)53(66)95)125-68-41(28-111-76(104)132-83(19,20)21)118-75(61(103)54(68)96)124-67-40(27-110-34-47(89)131-82(16,17)18)116-73(59(101)52(67)94)122-65-38(25-108-32-45(87)129-80(10,11)12)114-71(57(99)50(65)92)120-63-36(112-69(119-62)55(97)48(63)90)23-106-30-43(85)127-78(4,5)6/h35-41,48-75,90-103H,22-34H2,1-21H3. The van der Waals surface area contributed by atoms with Gasteiger partial charge < -0.3 is 204 Å². The molecule has 0 aromatic carbocycles. The average molecular weight is 1920 g/mol. The zero-order valence-corrected chi connectivity index (χ0v) is 77.9. The minimum Gasteiger partial charge on any atom is -0.458 e. The lowest BCUT2D eigenvalue weighted by atomic mass is 9.95. The number of carbonyl (C=O) groups excluding carboxylic acids is 7. The maximum Gasteiger partial charge on any atom is 0.508 e. The van der Waals surface area contributed by atoms with Gasteiger partial charge in [0.2, 0.25) is 0 Å². The van der Waals surface area contributed by atoms with Gasteiger partial charge in [0, 0.05) is 0 Å². The molecule has 764 valence electrons. The number of esters is 6. The SMILES string of the molecule is CC(C)(C)OC(=O)COCC1OC2OC3C(COCC(=O)OC(C)(C)C)OC(OC4C(COCC(=O)OC(C)(C)C)OC(OC5C(COC(=O)OC(C)(C)C)OC(OC6C(COCC(=O)OC(C)(C)C)OC(OC7C(COCC(=O)OC(C)(C)C)OC(OC8C(COCC(=O)OC(C)(C)C)OC(OC1C(O)C2O)C(O)C8O)C(O)C7O)C(O)C6O)C(O)C5O)C(O)C4O)C(O)C3O. The molecule has 0 amide bonds. The Bertz CT molecular complexity index is 3510. The van der Waals surface area contributed by atoms with E-state index in [-0.39, 0.29) is 0 Å². The lowest BCUT2D eigenvalue weighted by Crippen LogP contribution is -2.68. The Morgan fingerprint density at radius 3 is 0.447 bits per heavy atom. The molecule has 14 bridgehead atoms. The monoisotopic (exact) mass is 1920 g/mol. The lowest BCUT2D eigenvalue weighted by Gasteiger charge is -2.50. The van der Waals surface area contributed by atoms with Crippen molar-refractivity contribution >= 4 is 42.0 Å². The van der Waals surface area contributed by atoms with Gasteiger partial charge in [0.25, 0.3) is 0 Å². The van der Waals surface area contributed by atoms with Crippen molar-refractivity contribution in [2.75, 3.05) is 85.9 Å². The van der Waals surface area contributed by atoms with Crippen LogP contribution in [0.25, 0.3) is 0 Å². The maximum absolute atomic E-state index is 13.4. The fourth-order valence-corrected chi connectivity index (χ4v) is 14.5. The van der Waals surface area contributed by atoms with Crippen molar-refractivity contribution in [2.45, 2.75) is 400 Å². The largest absolute Gasteiger partial charge is 0.508 e. The van der Waals surface area contributed by atoms with E-state index < -0.39 is 382 Å². The molecular formula is C83H138O49. The quantitative estimate of drug-likeness (QED) is 0.0285. The number of hydrogen-bond acceptors (Lipinski definition) is 49. The van der Waals surface area contributed by atoms with Crippen LogP contribution in [-0.4, -0.2) is 454 Å². The van der Waals surface area contributed by atoms with Gasteiger partial charge >= 0.3 is 42.0 Å². The smallest absolute Gasteiger partial charge is 0.458 e. The molecule has 21 saturated heterocycles. The predicted molar refractivity (Wildman–Crippen MR) is 431 cm³/mol. The third kappa shape index (κ3) is 33.5. The number of rotatable bonds is 26. The van der Waals surface area contributed by atoms with Crippen molar-refractivity contribution in [3.8, 4) is 0 Å². The van der Waals surface area contributed by atoms with Crippen molar-refractivity contribution in [3.63, 3.8) is 0 Å². The Labute approximate surface area is 762 Å². The summed E-state index contributed by atoms with van der Waals surface area (Å²) in [5.41, 5.74) is -7.72. The average Bonchev–Trinajstić information content (AvgIpc) is 0.792. The molecule has 0 saturated carbocycles. The van der Waals surface area contributed by atoms with Crippen molar-refractivity contribution < 1.29 is 238 Å². The first-order valence-corrected chi connectivity index (χ1v) is 43.3. The molecule has 0 aromatic rings. The van der Waals surface area contributed by atoms with Gasteiger partial charge in [-0.15, -0.1) is 0 Å². The van der Waals surface area contributed by atoms with Crippen LogP contribution < -0.4 is 0 Å². The molecule has 21 fully saturated rings. The Morgan fingerprint density at radius 2 is 0.318 bits per heavy atom. The third-order valence-corrected chi connectivity index (χ3v) is 19.8. The summed E-state index contributed by atoms with van der Waals surface area (Å²) in [4.78, 5) is 92.8. The summed E-state index contributed by atoms with van der Waals surface area (Å²) in [5.74, 6) is -5.74. The van der Waals surface area contributed by atoms with Gasteiger partial charge in [0.05, 0.1) is 39.6 Å². The van der Waals surface area contributed by atoms with E-state index in [4.69, 9.17) is 133 Å². The Kier molecular flexibility index (Phi) is 40.0. The molecular weight excluding hydrogens is 1780 g/mol. The molecule has 21 rings (SSSR count). The number of aliphatic hydroxyl groups is 14. The number of ether oxygens (including phenoxy) is 28. The van der Waals surface area contributed by atoms with E-state index in [0.717, 1.165) is 0 Å². The van der Waals surface area contributed by atoms with Gasteiger partial charge in [-0.25, -0.2) is 33.6 Å². The zero-order chi connectivity index (χ0) is 98.7. The van der Waals surface area contributed by atoms with Crippen LogP contribution in [0.2, 0.25) is 0 Å². The van der Waals surface area contributed by atoms with Gasteiger partial charge in [-0.2, -0.15) is 0 Å². The molecule has 49 heteroatoms. The fourth-order valence-electron chi connectivity index (χ4n) is 14.5. The van der Waals surface area contributed by atoms with E-state index in [1.54, 1.807) is 125 Å². The van der Waals surface area contributed by atoms with Gasteiger partial charge in [-0.3, -0.25) is 0 Å². The van der Waals surface area contributed by atoms with Crippen LogP contribution >= 0.6 is 0 Å². The van der Waals surface area contributed by atoms with Gasteiger partial charge in [0.15, 0.2) is 44.0 Å². The van der Waals surface area contributed by atoms with Crippen LogP contribution in [0.3, 0.4) is 0 Å². The summed E-state index contributed by atoms with van der Waals surface area (Å²) in [6.45, 7) is 20.8. The molecule has 132 heavy (non-hydrogen) atoms. The van der Waals surface area contributed by atoms with Crippen molar-refractivity contribution in [1.82, 2.24) is 0 Å². The maximum atomic E-state index is 13.4. The number of carbonyl (C=O) groups is 7. The Balaban J connectivity index is 1.27. The summed E-state index contributed by atoms with van der Waals surface area (Å²) >= 11 is 0. The van der Waals surface area contributed by atoms with E-state index in [1.807, 2.05) is 0 Å². The molecule has 0 aliphatic carbocycles. The number of aliphatic hydroxyl groups excluding tert-OH is 14. The summed E-state index contributed by atoms with van der Waals surface area (Å²) in [5, 5.41) is 173. The molecule has 35 atom stereocenters. The van der Waals surface area contributed by atoms with E-state index in [1.165, 1.54) is 20.8 Å². The second-order valence-electron chi connectivity index (χ2n) is 39.8. The van der Waals surface area contributed by atoms with Crippen LogP contribution in [0.1, 0.15) is 145 Å².